The van der Waals surface area contributed by atoms with E-state index in [4.69, 9.17) is 11.6 Å². The molecule has 1 aliphatic rings. The van der Waals surface area contributed by atoms with Crippen LogP contribution in [0.25, 0.3) is 0 Å². The highest BCUT2D eigenvalue weighted by Gasteiger charge is 2.33. The van der Waals surface area contributed by atoms with Crippen LogP contribution in [0.2, 0.25) is 5.02 Å². The van der Waals surface area contributed by atoms with Gasteiger partial charge in [-0.25, -0.2) is 0 Å². The van der Waals surface area contributed by atoms with E-state index in [1.54, 1.807) is 30.1 Å². The smallest absolute Gasteiger partial charge is 0.255 e. The Balaban J connectivity index is 2.12. The zero-order chi connectivity index (χ0) is 14.0. The first-order chi connectivity index (χ1) is 8.91. The van der Waals surface area contributed by atoms with Gasteiger partial charge in [0.15, 0.2) is 0 Å². The van der Waals surface area contributed by atoms with Crippen LogP contribution in [-0.2, 0) is 0 Å². The Morgan fingerprint density at radius 2 is 2.11 bits per heavy atom. The predicted octanol–water partition coefficient (Wildman–Crippen LogP) is 3.01. The molecule has 3 nitrogen and oxygen atoms in total. The van der Waals surface area contributed by atoms with Gasteiger partial charge in [-0.2, -0.15) is 0 Å². The summed E-state index contributed by atoms with van der Waals surface area (Å²) in [6.45, 7) is 0.346. The molecule has 0 radical (unpaired) electrons. The van der Waals surface area contributed by atoms with Crippen LogP contribution < -0.4 is 0 Å². The molecule has 2 rings (SSSR count). The van der Waals surface area contributed by atoms with Gasteiger partial charge < -0.3 is 10.0 Å². The summed E-state index contributed by atoms with van der Waals surface area (Å²) in [5, 5.41) is 10.7. The molecule has 0 atom stereocenters. The van der Waals surface area contributed by atoms with E-state index in [0.29, 0.717) is 22.0 Å². The SMILES string of the molecule is CN(CC1(O)CCCC1)C(=O)c1cc(S)ccc1Cl. The van der Waals surface area contributed by atoms with Crippen molar-refractivity contribution in [2.45, 2.75) is 36.2 Å². The van der Waals surface area contributed by atoms with Crippen molar-refractivity contribution in [3.8, 4) is 0 Å². The summed E-state index contributed by atoms with van der Waals surface area (Å²) >= 11 is 10.3. The van der Waals surface area contributed by atoms with E-state index >= 15 is 0 Å². The third-order valence-electron chi connectivity index (χ3n) is 3.59. The van der Waals surface area contributed by atoms with Crippen molar-refractivity contribution >= 4 is 30.1 Å². The summed E-state index contributed by atoms with van der Waals surface area (Å²) in [4.78, 5) is 14.6. The molecule has 0 aromatic heterocycles. The largest absolute Gasteiger partial charge is 0.388 e. The van der Waals surface area contributed by atoms with Gasteiger partial charge in [-0.15, -0.1) is 12.6 Å². The molecule has 1 amide bonds. The molecule has 1 fully saturated rings. The number of aliphatic hydroxyl groups is 1. The number of carbonyl (C=O) groups is 1. The Kier molecular flexibility index (Phi) is 4.43. The molecule has 1 saturated carbocycles. The van der Waals surface area contributed by atoms with E-state index in [-0.39, 0.29) is 5.91 Å². The average molecular weight is 300 g/mol. The first-order valence-corrected chi connectivity index (χ1v) is 7.20. The highest BCUT2D eigenvalue weighted by molar-refractivity contribution is 7.80. The Hall–Kier alpha value is -0.710. The second-order valence-electron chi connectivity index (χ2n) is 5.26. The van der Waals surface area contributed by atoms with E-state index in [0.717, 1.165) is 25.7 Å². The summed E-state index contributed by atoms with van der Waals surface area (Å²) < 4.78 is 0. The number of thiol groups is 1. The number of likely N-dealkylation sites (N-methyl/N-ethyl adjacent to an activating group) is 1. The first kappa shape index (κ1) is 14.7. The molecule has 1 N–H and O–H groups in total. The lowest BCUT2D eigenvalue weighted by Gasteiger charge is -2.28. The van der Waals surface area contributed by atoms with Crippen molar-refractivity contribution in [2.24, 2.45) is 0 Å². The van der Waals surface area contributed by atoms with Crippen LogP contribution in [0.3, 0.4) is 0 Å². The number of carbonyl (C=O) groups excluding carboxylic acids is 1. The number of amides is 1. The fourth-order valence-corrected chi connectivity index (χ4v) is 2.99. The van der Waals surface area contributed by atoms with Gasteiger partial charge in [-0.05, 0) is 31.0 Å². The molecular weight excluding hydrogens is 282 g/mol. The number of nitrogens with zero attached hydrogens (tertiary/aromatic N) is 1. The number of rotatable bonds is 3. The third kappa shape index (κ3) is 3.44. The molecule has 0 spiro atoms. The van der Waals surface area contributed by atoms with Gasteiger partial charge in [0.05, 0.1) is 16.2 Å². The van der Waals surface area contributed by atoms with Crippen molar-refractivity contribution in [2.75, 3.05) is 13.6 Å². The topological polar surface area (TPSA) is 40.5 Å². The molecule has 1 aliphatic carbocycles. The molecule has 0 unspecified atom stereocenters. The summed E-state index contributed by atoms with van der Waals surface area (Å²) in [6.07, 6.45) is 3.55. The van der Waals surface area contributed by atoms with Crippen LogP contribution >= 0.6 is 24.2 Å². The molecule has 0 bridgehead atoms. The second kappa shape index (κ2) is 5.73. The lowest BCUT2D eigenvalue weighted by molar-refractivity contribution is 0.0157. The van der Waals surface area contributed by atoms with Gasteiger partial charge in [-0.1, -0.05) is 24.4 Å². The van der Waals surface area contributed by atoms with Gasteiger partial charge in [0.1, 0.15) is 0 Å². The van der Waals surface area contributed by atoms with Gasteiger partial charge in [0.25, 0.3) is 5.91 Å². The predicted molar refractivity (Wildman–Crippen MR) is 79.1 cm³/mol. The molecule has 0 heterocycles. The minimum Gasteiger partial charge on any atom is -0.388 e. The van der Waals surface area contributed by atoms with Gasteiger partial charge in [0.2, 0.25) is 0 Å². The maximum absolute atomic E-state index is 12.3. The molecule has 1 aromatic rings. The molecule has 0 saturated heterocycles. The van der Waals surface area contributed by atoms with Crippen molar-refractivity contribution in [1.82, 2.24) is 4.90 Å². The maximum atomic E-state index is 12.3. The van der Waals surface area contributed by atoms with Gasteiger partial charge in [-0.3, -0.25) is 4.79 Å². The minimum absolute atomic E-state index is 0.179. The molecule has 19 heavy (non-hydrogen) atoms. The van der Waals surface area contributed by atoms with Crippen molar-refractivity contribution in [1.29, 1.82) is 0 Å². The van der Waals surface area contributed by atoms with Crippen LogP contribution in [-0.4, -0.2) is 35.1 Å². The molecule has 1 aromatic carbocycles. The van der Waals surface area contributed by atoms with Crippen LogP contribution in [0.4, 0.5) is 0 Å². The van der Waals surface area contributed by atoms with E-state index in [1.165, 1.54) is 0 Å². The zero-order valence-electron chi connectivity index (χ0n) is 10.9. The minimum atomic E-state index is -0.741. The Morgan fingerprint density at radius 1 is 1.47 bits per heavy atom. The molecule has 104 valence electrons. The summed E-state index contributed by atoms with van der Waals surface area (Å²) in [5.41, 5.74) is -0.312. The number of halogens is 1. The van der Waals surface area contributed by atoms with Crippen molar-refractivity contribution < 1.29 is 9.90 Å². The normalized spacial score (nSPS) is 17.5. The Bertz CT molecular complexity index is 486. The van der Waals surface area contributed by atoms with Crippen molar-refractivity contribution in [3.05, 3.63) is 28.8 Å². The van der Waals surface area contributed by atoms with Crippen LogP contribution in [0.5, 0.6) is 0 Å². The van der Waals surface area contributed by atoms with Gasteiger partial charge in [0, 0.05) is 18.5 Å². The van der Waals surface area contributed by atoms with Crippen LogP contribution in [0.15, 0.2) is 23.1 Å². The monoisotopic (exact) mass is 299 g/mol. The quantitative estimate of drug-likeness (QED) is 0.842. The Labute approximate surface area is 124 Å². The number of hydrogen-bond donors (Lipinski definition) is 2. The maximum Gasteiger partial charge on any atom is 0.255 e. The standard InChI is InChI=1S/C14H18ClNO2S/c1-16(9-14(18)6-2-3-7-14)13(17)11-8-10(19)4-5-12(11)15/h4-5,8,18-19H,2-3,6-7,9H2,1H3. The van der Waals surface area contributed by atoms with E-state index in [2.05, 4.69) is 12.6 Å². The fraction of sp³-hybridized carbons (Fsp3) is 0.500. The molecule has 0 aliphatic heterocycles. The van der Waals surface area contributed by atoms with E-state index < -0.39 is 5.60 Å². The van der Waals surface area contributed by atoms with Gasteiger partial charge >= 0.3 is 0 Å². The second-order valence-corrected chi connectivity index (χ2v) is 6.18. The highest BCUT2D eigenvalue weighted by Crippen LogP contribution is 2.30. The average Bonchev–Trinajstić information content (AvgIpc) is 2.78. The van der Waals surface area contributed by atoms with Crippen LogP contribution in [0.1, 0.15) is 36.0 Å². The molecular formula is C14H18ClNO2S. The van der Waals surface area contributed by atoms with Crippen LogP contribution in [0, 0.1) is 0 Å². The van der Waals surface area contributed by atoms with E-state index in [9.17, 15) is 9.90 Å². The zero-order valence-corrected chi connectivity index (χ0v) is 12.5. The number of hydrogen-bond acceptors (Lipinski definition) is 3. The summed E-state index contributed by atoms with van der Waals surface area (Å²) in [5.74, 6) is -0.179. The Morgan fingerprint density at radius 3 is 2.74 bits per heavy atom. The van der Waals surface area contributed by atoms with E-state index in [1.807, 2.05) is 0 Å². The van der Waals surface area contributed by atoms with Crippen molar-refractivity contribution in [3.63, 3.8) is 0 Å². The fourth-order valence-electron chi connectivity index (χ4n) is 2.59. The summed E-state index contributed by atoms with van der Waals surface area (Å²) in [7, 11) is 1.69. The number of benzene rings is 1. The highest BCUT2D eigenvalue weighted by atomic mass is 35.5. The summed E-state index contributed by atoms with van der Waals surface area (Å²) in [6, 6.07) is 5.06. The lowest BCUT2D eigenvalue weighted by atomic mass is 10.0. The molecule has 5 heteroatoms. The first-order valence-electron chi connectivity index (χ1n) is 6.38. The lowest BCUT2D eigenvalue weighted by Crippen LogP contribution is -2.42. The third-order valence-corrected chi connectivity index (χ3v) is 4.20.